The molecule has 3 aromatic rings. The van der Waals surface area contributed by atoms with Gasteiger partial charge in [-0.05, 0) is 47.9 Å². The fourth-order valence-corrected chi connectivity index (χ4v) is 3.05. The van der Waals surface area contributed by atoms with E-state index in [-0.39, 0.29) is 22.5 Å². The molecule has 0 saturated carbocycles. The third-order valence-electron chi connectivity index (χ3n) is 4.51. The van der Waals surface area contributed by atoms with E-state index in [1.807, 2.05) is 6.92 Å². The summed E-state index contributed by atoms with van der Waals surface area (Å²) in [5.74, 6) is -1.11. The second-order valence-corrected chi connectivity index (χ2v) is 7.05. The van der Waals surface area contributed by atoms with Crippen molar-refractivity contribution in [3.05, 3.63) is 65.2 Å². The van der Waals surface area contributed by atoms with Crippen molar-refractivity contribution in [2.45, 2.75) is 32.1 Å². The van der Waals surface area contributed by atoms with Gasteiger partial charge in [0, 0.05) is 18.0 Å². The third-order valence-corrected chi connectivity index (χ3v) is 4.51. The minimum Gasteiger partial charge on any atom is -0.366 e. The molecule has 174 valence electrons. The Labute approximate surface area is 183 Å². The Morgan fingerprint density at radius 2 is 1.79 bits per heavy atom. The van der Waals surface area contributed by atoms with Crippen molar-refractivity contribution in [3.63, 3.8) is 0 Å². The summed E-state index contributed by atoms with van der Waals surface area (Å²) >= 11 is 0. The van der Waals surface area contributed by atoms with E-state index in [1.165, 1.54) is 6.07 Å². The molecule has 2 N–H and O–H groups in total. The molecule has 1 amide bonds. The minimum atomic E-state index is -4.74. The van der Waals surface area contributed by atoms with Crippen molar-refractivity contribution in [3.8, 4) is 11.4 Å². The average molecular weight is 469 g/mol. The minimum absolute atomic E-state index is 0.0655. The SMILES string of the molecule is CCCc1cc(-c2ncn(/C=C(/C(N)=O)c3ccnc(C(F)(F)F)c3)n2)cc(C(F)(F)F)c1. The normalized spacial score (nSPS) is 12.8. The zero-order valence-corrected chi connectivity index (χ0v) is 17.1. The first-order valence-electron chi connectivity index (χ1n) is 9.56. The van der Waals surface area contributed by atoms with Gasteiger partial charge in [0.15, 0.2) is 5.82 Å². The number of nitrogens with zero attached hydrogens (tertiary/aromatic N) is 4. The van der Waals surface area contributed by atoms with E-state index in [1.54, 1.807) is 0 Å². The van der Waals surface area contributed by atoms with E-state index >= 15 is 0 Å². The molecule has 6 nitrogen and oxygen atoms in total. The lowest BCUT2D eigenvalue weighted by atomic mass is 10.0. The van der Waals surface area contributed by atoms with Gasteiger partial charge in [0.05, 0.1) is 11.1 Å². The highest BCUT2D eigenvalue weighted by Crippen LogP contribution is 2.33. The highest BCUT2D eigenvalue weighted by Gasteiger charge is 2.33. The third kappa shape index (κ3) is 5.76. The number of rotatable bonds is 6. The molecule has 2 heterocycles. The van der Waals surface area contributed by atoms with Crippen LogP contribution in [0.1, 0.15) is 35.7 Å². The molecule has 0 atom stereocenters. The van der Waals surface area contributed by atoms with Crippen LogP contribution in [0.5, 0.6) is 0 Å². The van der Waals surface area contributed by atoms with Gasteiger partial charge in [0.25, 0.3) is 5.91 Å². The van der Waals surface area contributed by atoms with Gasteiger partial charge in [-0.3, -0.25) is 9.78 Å². The smallest absolute Gasteiger partial charge is 0.366 e. The number of benzene rings is 1. The van der Waals surface area contributed by atoms with Crippen LogP contribution in [0.3, 0.4) is 0 Å². The predicted molar refractivity (Wildman–Crippen MR) is 107 cm³/mol. The summed E-state index contributed by atoms with van der Waals surface area (Å²) in [7, 11) is 0. The number of hydrogen-bond acceptors (Lipinski definition) is 4. The largest absolute Gasteiger partial charge is 0.433 e. The van der Waals surface area contributed by atoms with E-state index in [4.69, 9.17) is 5.73 Å². The second kappa shape index (κ2) is 9.04. The number of pyridine rings is 1. The number of primary amides is 1. The molecule has 0 unspecified atom stereocenters. The molecule has 0 aliphatic rings. The second-order valence-electron chi connectivity index (χ2n) is 7.05. The van der Waals surface area contributed by atoms with Crippen molar-refractivity contribution >= 4 is 17.7 Å². The predicted octanol–water partition coefficient (Wildman–Crippen LogP) is 4.81. The Bertz CT molecular complexity index is 1200. The molecule has 2 aromatic heterocycles. The van der Waals surface area contributed by atoms with Crippen LogP contribution < -0.4 is 5.73 Å². The zero-order chi connectivity index (χ0) is 24.4. The van der Waals surface area contributed by atoms with Crippen LogP contribution in [0.2, 0.25) is 0 Å². The van der Waals surface area contributed by atoms with Crippen LogP contribution in [0.25, 0.3) is 23.2 Å². The van der Waals surface area contributed by atoms with Crippen molar-refractivity contribution in [2.75, 3.05) is 0 Å². The number of aryl methyl sites for hydroxylation is 1. The quantitative estimate of drug-likeness (QED) is 0.415. The van der Waals surface area contributed by atoms with E-state index in [2.05, 4.69) is 15.1 Å². The van der Waals surface area contributed by atoms with Gasteiger partial charge in [-0.25, -0.2) is 9.67 Å². The summed E-state index contributed by atoms with van der Waals surface area (Å²) in [4.78, 5) is 19.1. The lowest BCUT2D eigenvalue weighted by Crippen LogP contribution is -2.15. The molecule has 0 aliphatic heterocycles. The first-order valence-corrected chi connectivity index (χ1v) is 9.56. The molecule has 3 rings (SSSR count). The summed E-state index contributed by atoms with van der Waals surface area (Å²) in [5.41, 5.74) is 3.30. The molecule has 0 saturated heterocycles. The van der Waals surface area contributed by atoms with Crippen LogP contribution in [0.15, 0.2) is 42.9 Å². The van der Waals surface area contributed by atoms with Crippen LogP contribution >= 0.6 is 0 Å². The van der Waals surface area contributed by atoms with Crippen molar-refractivity contribution in [1.82, 2.24) is 19.7 Å². The Morgan fingerprint density at radius 3 is 2.39 bits per heavy atom. The summed E-state index contributed by atoms with van der Waals surface area (Å²) in [5, 5.41) is 4.04. The van der Waals surface area contributed by atoms with Crippen molar-refractivity contribution in [1.29, 1.82) is 0 Å². The van der Waals surface area contributed by atoms with Crippen LogP contribution in [0.4, 0.5) is 26.3 Å². The molecule has 33 heavy (non-hydrogen) atoms. The van der Waals surface area contributed by atoms with Gasteiger partial charge in [0.2, 0.25) is 0 Å². The number of nitrogens with two attached hydrogens (primary N) is 1. The summed E-state index contributed by atoms with van der Waals surface area (Å²) in [6.07, 6.45) is -5.26. The van der Waals surface area contributed by atoms with Gasteiger partial charge >= 0.3 is 12.4 Å². The summed E-state index contributed by atoms with van der Waals surface area (Å²) < 4.78 is 79.7. The van der Waals surface area contributed by atoms with Gasteiger partial charge in [-0.2, -0.15) is 26.3 Å². The fourth-order valence-electron chi connectivity index (χ4n) is 3.05. The number of halogens is 6. The zero-order valence-electron chi connectivity index (χ0n) is 17.1. The number of carbonyl (C=O) groups excluding carboxylic acids is 1. The first-order chi connectivity index (χ1) is 15.4. The standard InChI is InChI=1S/C21H17F6N5O/c1-2-3-12-6-14(8-15(7-12)20(22,23)24)19-30-11-32(31-19)10-16(18(28)33)13-4-5-29-17(9-13)21(25,26)27/h4-11H,2-3H2,1H3,(H2,28,33)/b16-10+. The summed E-state index contributed by atoms with van der Waals surface area (Å²) in [6, 6.07) is 5.29. The van der Waals surface area contributed by atoms with Gasteiger partial charge in [-0.15, -0.1) is 5.10 Å². The van der Waals surface area contributed by atoms with Crippen LogP contribution in [-0.4, -0.2) is 25.7 Å². The van der Waals surface area contributed by atoms with Gasteiger partial charge in [-0.1, -0.05) is 13.3 Å². The lowest BCUT2D eigenvalue weighted by Gasteiger charge is -2.10. The molecule has 0 spiro atoms. The molecule has 1 aromatic carbocycles. The molecule has 0 radical (unpaired) electrons. The Kier molecular flexibility index (Phi) is 6.56. The molecular weight excluding hydrogens is 452 g/mol. The van der Waals surface area contributed by atoms with Gasteiger partial charge < -0.3 is 5.73 Å². The maximum Gasteiger partial charge on any atom is 0.433 e. The van der Waals surface area contributed by atoms with Crippen LogP contribution in [0, 0.1) is 0 Å². The van der Waals surface area contributed by atoms with E-state index in [0.717, 1.165) is 41.6 Å². The molecule has 0 fully saturated rings. The Morgan fingerprint density at radius 1 is 1.06 bits per heavy atom. The maximum atomic E-state index is 13.3. The average Bonchev–Trinajstić information content (AvgIpc) is 3.19. The van der Waals surface area contributed by atoms with E-state index in [9.17, 15) is 31.1 Å². The summed E-state index contributed by atoms with van der Waals surface area (Å²) in [6.45, 7) is 1.83. The van der Waals surface area contributed by atoms with E-state index < -0.39 is 29.5 Å². The van der Waals surface area contributed by atoms with Crippen molar-refractivity contribution < 1.29 is 31.1 Å². The number of alkyl halides is 6. The molecule has 12 heteroatoms. The number of aromatic nitrogens is 4. The molecular formula is C21H17F6N5O. The van der Waals surface area contributed by atoms with Crippen LogP contribution in [-0.2, 0) is 23.6 Å². The lowest BCUT2D eigenvalue weighted by molar-refractivity contribution is -0.141. The highest BCUT2D eigenvalue weighted by atomic mass is 19.4. The number of amides is 1. The van der Waals surface area contributed by atoms with Gasteiger partial charge in [0.1, 0.15) is 12.0 Å². The monoisotopic (exact) mass is 469 g/mol. The highest BCUT2D eigenvalue weighted by molar-refractivity contribution is 6.22. The van der Waals surface area contributed by atoms with Crippen molar-refractivity contribution in [2.24, 2.45) is 5.73 Å². The topological polar surface area (TPSA) is 86.7 Å². The van der Waals surface area contributed by atoms with E-state index in [0.29, 0.717) is 24.5 Å². The Balaban J connectivity index is 2.03. The number of hydrogen-bond donors (Lipinski definition) is 1. The fraction of sp³-hybridized carbons (Fsp3) is 0.238. The maximum absolute atomic E-state index is 13.3. The number of carbonyl (C=O) groups is 1. The molecule has 0 bridgehead atoms. The first kappa shape index (κ1) is 24.0. The molecule has 0 aliphatic carbocycles. The Hall–Kier alpha value is -3.70.